The highest BCUT2D eigenvalue weighted by atomic mass is 28.3. The molecular weight excluding hydrogens is 404 g/mol. The average Bonchev–Trinajstić information content (AvgIpc) is 2.71. The topological polar surface area (TPSA) is 44.8 Å². The van der Waals surface area contributed by atoms with E-state index in [4.69, 9.17) is 13.9 Å². The van der Waals surface area contributed by atoms with Gasteiger partial charge in [-0.25, -0.2) is 0 Å². The maximum absolute atomic E-state index is 11.8. The van der Waals surface area contributed by atoms with Gasteiger partial charge in [0, 0.05) is 12.8 Å². The molecule has 4 nitrogen and oxygen atoms in total. The summed E-state index contributed by atoms with van der Waals surface area (Å²) in [5.74, 6) is 2.73. The van der Waals surface area contributed by atoms with E-state index in [-0.39, 0.29) is 11.5 Å². The summed E-state index contributed by atoms with van der Waals surface area (Å²) in [6, 6.07) is 6.10. The van der Waals surface area contributed by atoms with Gasteiger partial charge in [0.15, 0.2) is 11.5 Å². The molecule has 1 saturated carbocycles. The third kappa shape index (κ3) is 8.11. The Kier molecular flexibility index (Phi) is 9.82. The average molecular weight is 446 g/mol. The maximum atomic E-state index is 11.8. The summed E-state index contributed by atoms with van der Waals surface area (Å²) >= 11 is 0. The largest absolute Gasteiger partial charge is 0.493 e. The van der Waals surface area contributed by atoms with Crippen molar-refractivity contribution in [1.82, 2.24) is 0 Å². The van der Waals surface area contributed by atoms with E-state index in [0.717, 1.165) is 49.2 Å². The molecule has 1 aliphatic carbocycles. The van der Waals surface area contributed by atoms with Crippen LogP contribution >= 0.6 is 0 Å². The summed E-state index contributed by atoms with van der Waals surface area (Å²) in [5, 5.41) is 0. The van der Waals surface area contributed by atoms with Crippen molar-refractivity contribution in [2.45, 2.75) is 78.5 Å². The summed E-state index contributed by atoms with van der Waals surface area (Å²) in [4.78, 5) is 11.8. The van der Waals surface area contributed by atoms with Crippen molar-refractivity contribution in [1.29, 1.82) is 0 Å². The number of benzene rings is 1. The first-order chi connectivity index (χ1) is 14.6. The fourth-order valence-electron chi connectivity index (χ4n) is 4.29. The Hall–Kier alpha value is -1.59. The van der Waals surface area contributed by atoms with E-state index in [1.807, 2.05) is 12.1 Å². The van der Waals surface area contributed by atoms with Gasteiger partial charge < -0.3 is 13.9 Å². The van der Waals surface area contributed by atoms with Crippen LogP contribution in [0.15, 0.2) is 30.4 Å². The lowest BCUT2D eigenvalue weighted by Gasteiger charge is -2.31. The smallest absolute Gasteiger partial charge is 0.205 e. The van der Waals surface area contributed by atoms with E-state index in [0.29, 0.717) is 24.0 Å². The van der Waals surface area contributed by atoms with Gasteiger partial charge in [-0.1, -0.05) is 39.0 Å². The molecule has 0 N–H and O–H groups in total. The first kappa shape index (κ1) is 25.7. The number of hydrogen-bond donors (Lipinski definition) is 0. The van der Waals surface area contributed by atoms with Crippen LogP contribution in [0, 0.1) is 17.3 Å². The minimum Gasteiger partial charge on any atom is -0.493 e. The Balaban J connectivity index is 2.15. The highest BCUT2D eigenvalue weighted by molar-refractivity contribution is 6.48. The van der Waals surface area contributed by atoms with E-state index in [1.54, 1.807) is 14.2 Å². The minimum atomic E-state index is -0.860. The maximum Gasteiger partial charge on any atom is 0.205 e. The van der Waals surface area contributed by atoms with Gasteiger partial charge in [-0.05, 0) is 73.7 Å². The van der Waals surface area contributed by atoms with Gasteiger partial charge in [0.1, 0.15) is 5.78 Å². The minimum absolute atomic E-state index is 0.0400. The van der Waals surface area contributed by atoms with Gasteiger partial charge in [0.25, 0.3) is 0 Å². The zero-order valence-electron chi connectivity index (χ0n) is 20.5. The molecule has 5 heteroatoms. The van der Waals surface area contributed by atoms with Crippen molar-refractivity contribution in [3.63, 3.8) is 0 Å². The lowest BCUT2D eigenvalue weighted by atomic mass is 9.76. The van der Waals surface area contributed by atoms with Gasteiger partial charge in [-0.15, -0.1) is 0 Å². The van der Waals surface area contributed by atoms with Crippen LogP contribution in [0.2, 0.25) is 13.1 Å². The van der Waals surface area contributed by atoms with Crippen LogP contribution in [-0.4, -0.2) is 29.0 Å². The summed E-state index contributed by atoms with van der Waals surface area (Å²) in [6.45, 7) is 11.3. The molecule has 1 fully saturated rings. The molecule has 31 heavy (non-hydrogen) atoms. The Morgan fingerprint density at radius 1 is 1.13 bits per heavy atom. The fourth-order valence-corrected chi connectivity index (χ4v) is 5.12. The molecule has 1 radical (unpaired) electrons. The molecule has 3 unspecified atom stereocenters. The van der Waals surface area contributed by atoms with E-state index in [1.165, 1.54) is 0 Å². The Bertz CT molecular complexity index is 735. The van der Waals surface area contributed by atoms with Crippen LogP contribution in [0.3, 0.4) is 0 Å². The lowest BCUT2D eigenvalue weighted by molar-refractivity contribution is -0.121. The number of ether oxygens (including phenoxy) is 2. The molecule has 1 aromatic carbocycles. The van der Waals surface area contributed by atoms with Gasteiger partial charge in [-0.3, -0.25) is 4.79 Å². The van der Waals surface area contributed by atoms with Crippen molar-refractivity contribution in [2.75, 3.05) is 14.2 Å². The number of allylic oxidation sites excluding steroid dienone is 2. The summed E-state index contributed by atoms with van der Waals surface area (Å²) < 4.78 is 17.3. The monoisotopic (exact) mass is 445 g/mol. The van der Waals surface area contributed by atoms with Crippen molar-refractivity contribution in [3.8, 4) is 11.5 Å². The molecule has 0 heterocycles. The number of carbonyl (C=O) groups is 1. The van der Waals surface area contributed by atoms with E-state index in [2.05, 4.69) is 52.1 Å². The number of Topliss-reactive ketones (excluding diaryl/α,β-unsaturated/α-hetero) is 1. The quantitative estimate of drug-likeness (QED) is 0.294. The summed E-state index contributed by atoms with van der Waals surface area (Å²) in [6.07, 6.45) is 10.3. The summed E-state index contributed by atoms with van der Waals surface area (Å²) in [5.41, 5.74) is 1.29. The number of hydrogen-bond acceptors (Lipinski definition) is 4. The fraction of sp³-hybridized carbons (Fsp3) is 0.654. The molecule has 0 amide bonds. The Morgan fingerprint density at radius 3 is 2.42 bits per heavy atom. The predicted molar refractivity (Wildman–Crippen MR) is 129 cm³/mol. The highest BCUT2D eigenvalue weighted by Gasteiger charge is 2.26. The Morgan fingerprint density at radius 2 is 1.84 bits per heavy atom. The number of carbonyl (C=O) groups excluding carboxylic acids is 1. The van der Waals surface area contributed by atoms with Gasteiger partial charge in [0.2, 0.25) is 9.04 Å². The van der Waals surface area contributed by atoms with Crippen LogP contribution in [0.25, 0.3) is 0 Å². The highest BCUT2D eigenvalue weighted by Crippen LogP contribution is 2.37. The molecule has 2 rings (SSSR count). The molecule has 1 aliphatic rings. The zero-order chi connectivity index (χ0) is 23.0. The molecule has 3 atom stereocenters. The molecule has 0 bridgehead atoms. The third-order valence-electron chi connectivity index (χ3n) is 6.15. The second-order valence-corrected chi connectivity index (χ2v) is 12.0. The molecule has 0 saturated heterocycles. The first-order valence-corrected chi connectivity index (χ1v) is 13.9. The molecule has 0 aromatic heterocycles. The van der Waals surface area contributed by atoms with Crippen molar-refractivity contribution in [2.24, 2.45) is 17.3 Å². The normalized spacial score (nSPS) is 19.6. The lowest BCUT2D eigenvalue weighted by Crippen LogP contribution is -2.22. The Labute approximate surface area is 191 Å². The van der Waals surface area contributed by atoms with Crippen molar-refractivity contribution in [3.05, 3.63) is 35.9 Å². The van der Waals surface area contributed by atoms with Gasteiger partial charge in [0.05, 0.1) is 20.3 Å². The molecule has 1 aromatic rings. The van der Waals surface area contributed by atoms with Gasteiger partial charge in [-0.2, -0.15) is 0 Å². The first-order valence-electron chi connectivity index (χ1n) is 11.5. The van der Waals surface area contributed by atoms with Crippen molar-refractivity contribution >= 4 is 14.8 Å². The molecular formula is C26H41O4Si. The summed E-state index contributed by atoms with van der Waals surface area (Å²) in [7, 11) is 2.47. The van der Waals surface area contributed by atoms with Crippen LogP contribution in [0.5, 0.6) is 11.5 Å². The second kappa shape index (κ2) is 11.9. The standard InChI is InChI=1S/C26H41O4Si/c1-26(2,3)21(13-11-19-9-8-10-22(27)17-19)14-16-23(30-31(6)7)20-12-15-24(28-4)25(18-20)29-5/h11-13,15,18-19,21,23H,8-10,14,16-17H2,1-7H3. The molecule has 0 spiro atoms. The molecule has 0 aliphatic heterocycles. The van der Waals surface area contributed by atoms with Crippen LogP contribution in [0.4, 0.5) is 0 Å². The van der Waals surface area contributed by atoms with Crippen molar-refractivity contribution < 1.29 is 18.7 Å². The van der Waals surface area contributed by atoms with Gasteiger partial charge >= 0.3 is 0 Å². The number of methoxy groups -OCH3 is 2. The van der Waals surface area contributed by atoms with Crippen LogP contribution in [0.1, 0.15) is 71.0 Å². The van der Waals surface area contributed by atoms with E-state index >= 15 is 0 Å². The van der Waals surface area contributed by atoms with E-state index in [9.17, 15) is 4.79 Å². The SMILES string of the molecule is COc1ccc(C(CCC(C=CC2CCCC(=O)C2)C(C)(C)C)O[Si](C)C)cc1OC. The van der Waals surface area contributed by atoms with Crippen LogP contribution < -0.4 is 9.47 Å². The zero-order valence-corrected chi connectivity index (χ0v) is 21.5. The predicted octanol–water partition coefficient (Wildman–Crippen LogP) is 6.77. The number of ketones is 1. The molecule has 173 valence electrons. The second-order valence-electron chi connectivity index (χ2n) is 9.96. The third-order valence-corrected chi connectivity index (χ3v) is 6.90. The number of rotatable bonds is 10. The van der Waals surface area contributed by atoms with Crippen LogP contribution in [-0.2, 0) is 9.22 Å². The van der Waals surface area contributed by atoms with E-state index < -0.39 is 9.04 Å².